The minimum Gasteiger partial charge on any atom is -0.352 e. The van der Waals surface area contributed by atoms with Gasteiger partial charge in [-0.15, -0.1) is 0 Å². The van der Waals surface area contributed by atoms with E-state index in [0.717, 1.165) is 72.5 Å². The van der Waals surface area contributed by atoms with Gasteiger partial charge in [-0.05, 0) is 42.3 Å². The SMILES string of the molecule is CN1CCN(C(=O)c2cnc3c(c2)C(c2ccc4c(c2)CCNC4=O)=CC3)CC1.[HH]. The van der Waals surface area contributed by atoms with Crippen molar-refractivity contribution in [3.63, 3.8) is 0 Å². The van der Waals surface area contributed by atoms with Crippen molar-refractivity contribution in [2.75, 3.05) is 39.8 Å². The second-order valence-electron chi connectivity index (χ2n) is 8.01. The van der Waals surface area contributed by atoms with Crippen LogP contribution in [0.4, 0.5) is 0 Å². The van der Waals surface area contributed by atoms with Gasteiger partial charge in [-0.1, -0.05) is 18.2 Å². The van der Waals surface area contributed by atoms with Crippen LogP contribution in [0.15, 0.2) is 36.5 Å². The molecule has 5 rings (SSSR count). The lowest BCUT2D eigenvalue weighted by Crippen LogP contribution is -2.47. The van der Waals surface area contributed by atoms with Crippen molar-refractivity contribution in [2.45, 2.75) is 12.8 Å². The van der Waals surface area contributed by atoms with Gasteiger partial charge in [0, 0.05) is 57.9 Å². The van der Waals surface area contributed by atoms with Crippen molar-refractivity contribution >= 4 is 17.4 Å². The Kier molecular flexibility index (Phi) is 4.43. The molecule has 1 aromatic carbocycles. The smallest absolute Gasteiger partial charge is 0.255 e. The largest absolute Gasteiger partial charge is 0.352 e. The first kappa shape index (κ1) is 18.1. The highest BCUT2D eigenvalue weighted by molar-refractivity contribution is 5.98. The predicted molar refractivity (Wildman–Crippen MR) is 113 cm³/mol. The van der Waals surface area contributed by atoms with E-state index in [2.05, 4.69) is 34.4 Å². The predicted octanol–water partition coefficient (Wildman–Crippen LogP) is 1.99. The number of hydrogen-bond donors (Lipinski definition) is 1. The second-order valence-corrected chi connectivity index (χ2v) is 8.01. The van der Waals surface area contributed by atoms with Gasteiger partial charge in [-0.3, -0.25) is 14.6 Å². The molecule has 1 fully saturated rings. The number of fused-ring (bicyclic) bond motifs is 2. The Hall–Kier alpha value is -2.99. The van der Waals surface area contributed by atoms with Crippen molar-refractivity contribution < 1.29 is 11.0 Å². The van der Waals surface area contributed by atoms with Crippen molar-refractivity contribution in [1.29, 1.82) is 0 Å². The van der Waals surface area contributed by atoms with Gasteiger partial charge in [0.15, 0.2) is 0 Å². The fourth-order valence-electron chi connectivity index (χ4n) is 4.38. The number of pyridine rings is 1. The number of benzene rings is 1. The first-order valence-electron chi connectivity index (χ1n) is 10.2. The molecule has 3 aliphatic rings. The molecule has 1 aromatic heterocycles. The molecule has 1 aliphatic carbocycles. The summed E-state index contributed by atoms with van der Waals surface area (Å²) in [6, 6.07) is 8.02. The van der Waals surface area contributed by atoms with Gasteiger partial charge in [0.2, 0.25) is 0 Å². The fourth-order valence-corrected chi connectivity index (χ4v) is 4.38. The average Bonchev–Trinajstić information content (AvgIpc) is 3.17. The van der Waals surface area contributed by atoms with Crippen LogP contribution in [0.25, 0.3) is 5.57 Å². The van der Waals surface area contributed by atoms with E-state index in [4.69, 9.17) is 0 Å². The van der Waals surface area contributed by atoms with Crippen LogP contribution in [0.2, 0.25) is 0 Å². The molecular formula is C23H26N4O2. The number of carbonyl (C=O) groups is 2. The van der Waals surface area contributed by atoms with Crippen molar-refractivity contribution in [1.82, 2.24) is 20.1 Å². The summed E-state index contributed by atoms with van der Waals surface area (Å²) >= 11 is 0. The van der Waals surface area contributed by atoms with Crippen LogP contribution in [0, 0.1) is 0 Å². The molecule has 6 heteroatoms. The van der Waals surface area contributed by atoms with Crippen molar-refractivity contribution in [2.24, 2.45) is 0 Å². The summed E-state index contributed by atoms with van der Waals surface area (Å²) in [4.78, 5) is 33.8. The number of piperazine rings is 1. The maximum Gasteiger partial charge on any atom is 0.255 e. The first-order chi connectivity index (χ1) is 14.1. The summed E-state index contributed by atoms with van der Waals surface area (Å²) in [7, 11) is 2.08. The quantitative estimate of drug-likeness (QED) is 0.852. The maximum atomic E-state index is 13.0. The van der Waals surface area contributed by atoms with E-state index in [-0.39, 0.29) is 13.2 Å². The molecule has 6 nitrogen and oxygen atoms in total. The lowest BCUT2D eigenvalue weighted by molar-refractivity contribution is 0.0663. The molecule has 0 spiro atoms. The van der Waals surface area contributed by atoms with Gasteiger partial charge < -0.3 is 15.1 Å². The first-order valence-corrected chi connectivity index (χ1v) is 10.2. The van der Waals surface area contributed by atoms with Crippen molar-refractivity contribution in [3.8, 4) is 0 Å². The van der Waals surface area contributed by atoms with Gasteiger partial charge in [0.05, 0.1) is 11.3 Å². The summed E-state index contributed by atoms with van der Waals surface area (Å²) < 4.78 is 0. The number of carbonyl (C=O) groups excluding carboxylic acids is 2. The Balaban J connectivity index is 0.00000218. The third-order valence-electron chi connectivity index (χ3n) is 6.14. The van der Waals surface area contributed by atoms with Crippen LogP contribution in [0.5, 0.6) is 0 Å². The van der Waals surface area contributed by atoms with Crippen LogP contribution in [-0.2, 0) is 12.8 Å². The maximum absolute atomic E-state index is 13.0. The molecule has 150 valence electrons. The number of aromatic nitrogens is 1. The van der Waals surface area contributed by atoms with Crippen LogP contribution in [0.3, 0.4) is 0 Å². The van der Waals surface area contributed by atoms with Crippen LogP contribution in [0.1, 0.15) is 44.5 Å². The number of hydrogen-bond acceptors (Lipinski definition) is 4. The molecule has 0 saturated carbocycles. The minimum atomic E-state index is 0. The number of likely N-dealkylation sites (N-methyl/N-ethyl adjacent to an activating group) is 1. The molecule has 29 heavy (non-hydrogen) atoms. The van der Waals surface area contributed by atoms with Crippen LogP contribution >= 0.6 is 0 Å². The zero-order valence-corrected chi connectivity index (χ0v) is 16.6. The lowest BCUT2D eigenvalue weighted by atomic mass is 9.93. The highest BCUT2D eigenvalue weighted by Gasteiger charge is 2.25. The molecule has 1 N–H and O–H groups in total. The third kappa shape index (κ3) is 3.23. The number of amides is 2. The Labute approximate surface area is 171 Å². The number of nitrogens with one attached hydrogen (secondary N) is 1. The monoisotopic (exact) mass is 390 g/mol. The van der Waals surface area contributed by atoms with Crippen molar-refractivity contribution in [3.05, 3.63) is 70.0 Å². The van der Waals surface area contributed by atoms with E-state index in [1.54, 1.807) is 6.20 Å². The molecule has 1 saturated heterocycles. The molecule has 2 aromatic rings. The number of allylic oxidation sites excluding steroid dienone is 1. The Morgan fingerprint density at radius 2 is 1.97 bits per heavy atom. The molecule has 0 unspecified atom stereocenters. The third-order valence-corrected chi connectivity index (χ3v) is 6.14. The topological polar surface area (TPSA) is 65.5 Å². The van der Waals surface area contributed by atoms with E-state index in [1.807, 2.05) is 23.1 Å². The van der Waals surface area contributed by atoms with E-state index < -0.39 is 0 Å². The summed E-state index contributed by atoms with van der Waals surface area (Å²) in [6.45, 7) is 3.98. The summed E-state index contributed by atoms with van der Waals surface area (Å²) in [6.07, 6.45) is 5.50. The fraction of sp³-hybridized carbons (Fsp3) is 0.348. The molecule has 0 radical (unpaired) electrons. The average molecular weight is 390 g/mol. The molecule has 2 aliphatic heterocycles. The molecule has 3 heterocycles. The van der Waals surface area contributed by atoms with E-state index in [0.29, 0.717) is 12.1 Å². The summed E-state index contributed by atoms with van der Waals surface area (Å²) in [5.74, 6) is 0.0575. The molecular weight excluding hydrogens is 364 g/mol. The summed E-state index contributed by atoms with van der Waals surface area (Å²) in [5.41, 5.74) is 6.72. The van der Waals surface area contributed by atoms with E-state index in [9.17, 15) is 9.59 Å². The van der Waals surface area contributed by atoms with Gasteiger partial charge in [-0.2, -0.15) is 0 Å². The molecule has 0 bridgehead atoms. The van der Waals surface area contributed by atoms with Crippen LogP contribution in [-0.4, -0.2) is 66.4 Å². The summed E-state index contributed by atoms with van der Waals surface area (Å²) in [5, 5.41) is 2.89. The minimum absolute atomic E-state index is 0. The Morgan fingerprint density at radius 1 is 1.14 bits per heavy atom. The van der Waals surface area contributed by atoms with Crippen LogP contribution < -0.4 is 5.32 Å². The van der Waals surface area contributed by atoms with Gasteiger partial charge in [0.1, 0.15) is 0 Å². The zero-order chi connectivity index (χ0) is 20.0. The number of nitrogens with zero attached hydrogens (tertiary/aromatic N) is 3. The van der Waals surface area contributed by atoms with E-state index >= 15 is 0 Å². The lowest BCUT2D eigenvalue weighted by Gasteiger charge is -2.32. The van der Waals surface area contributed by atoms with Gasteiger partial charge >= 0.3 is 0 Å². The normalized spacial score (nSPS) is 18.7. The Morgan fingerprint density at radius 3 is 2.79 bits per heavy atom. The van der Waals surface area contributed by atoms with Gasteiger partial charge in [0.25, 0.3) is 11.8 Å². The molecule has 2 amide bonds. The zero-order valence-electron chi connectivity index (χ0n) is 16.6. The standard InChI is InChI=1S/C23H24N4O2.H2/c1-26-8-10-27(11-9-26)23(29)17-13-20-18(4-5-21(20)25-14-17)15-2-3-19-16(12-15)6-7-24-22(19)28;/h2-4,12-14H,5-11H2,1H3,(H,24,28);1H. The second kappa shape index (κ2) is 7.12. The highest BCUT2D eigenvalue weighted by Crippen LogP contribution is 2.33. The van der Waals surface area contributed by atoms with Gasteiger partial charge in [-0.25, -0.2) is 0 Å². The highest BCUT2D eigenvalue weighted by atomic mass is 16.2. The Bertz CT molecular complexity index is 1040. The van der Waals surface area contributed by atoms with E-state index in [1.165, 1.54) is 0 Å². The molecule has 0 atom stereocenters. The number of rotatable bonds is 2.